The van der Waals surface area contributed by atoms with Gasteiger partial charge in [0.15, 0.2) is 11.5 Å². The Balaban J connectivity index is 1.86. The molecule has 33 heavy (non-hydrogen) atoms. The Morgan fingerprint density at radius 3 is 2.79 bits per heavy atom. The highest BCUT2D eigenvalue weighted by Crippen LogP contribution is 2.35. The molecule has 172 valence electrons. The number of nitrogens with two attached hydrogens (primary N) is 1. The number of anilines is 2. The summed E-state index contributed by atoms with van der Waals surface area (Å²) in [5.41, 5.74) is 11.1. The average Bonchev–Trinajstić information content (AvgIpc) is 2.78. The first-order chi connectivity index (χ1) is 15.8. The topological polar surface area (TPSA) is 93.4 Å². The number of ether oxygens (including phenoxy) is 1. The molecule has 0 unspecified atom stereocenters. The molecule has 0 radical (unpaired) electrons. The zero-order chi connectivity index (χ0) is 23.7. The van der Waals surface area contributed by atoms with E-state index in [-0.39, 0.29) is 17.1 Å². The zero-order valence-corrected chi connectivity index (χ0v) is 19.3. The Kier molecular flexibility index (Phi) is 6.29. The predicted octanol–water partition coefficient (Wildman–Crippen LogP) is 3.99. The van der Waals surface area contributed by atoms with Crippen LogP contribution in [0.2, 0.25) is 0 Å². The van der Waals surface area contributed by atoms with E-state index in [1.165, 1.54) is 24.3 Å². The van der Waals surface area contributed by atoms with Crippen LogP contribution in [0.3, 0.4) is 0 Å². The van der Waals surface area contributed by atoms with Gasteiger partial charge in [-0.25, -0.2) is 14.4 Å². The van der Waals surface area contributed by atoms with Crippen LogP contribution < -0.4 is 15.8 Å². The Bertz CT molecular complexity index is 1230. The number of hydrogen-bond donors (Lipinski definition) is 2. The zero-order valence-electron chi connectivity index (χ0n) is 19.3. The molecule has 7 nitrogen and oxygen atoms in total. The minimum Gasteiger partial charge on any atom is -0.496 e. The van der Waals surface area contributed by atoms with Gasteiger partial charge in [-0.05, 0) is 67.8 Å². The van der Waals surface area contributed by atoms with Crippen LogP contribution in [-0.4, -0.2) is 41.5 Å². The maximum absolute atomic E-state index is 14.9. The normalized spacial score (nSPS) is 13.5. The van der Waals surface area contributed by atoms with Crippen LogP contribution >= 0.6 is 0 Å². The number of likely N-dealkylation sites (N-methyl/N-ethyl adjacent to an activating group) is 1. The standard InChI is InChI=1S/C25H28FN5O2/c1-5-19-22(21-18(26)7-6-8-20(21)33-4)30-25(23(29-19)24(27)32)28-16-11-14(2)17-9-10-31(3)13-15(17)12-16/h6-8,11-12H,5,9-10,13H2,1-4H3,(H2,27,32)(H,28,30). The fourth-order valence-electron chi connectivity index (χ4n) is 4.35. The molecule has 0 spiro atoms. The summed E-state index contributed by atoms with van der Waals surface area (Å²) in [6.45, 7) is 5.80. The van der Waals surface area contributed by atoms with E-state index in [0.29, 0.717) is 23.6 Å². The van der Waals surface area contributed by atoms with Crippen molar-refractivity contribution in [2.24, 2.45) is 5.73 Å². The molecule has 0 fully saturated rings. The number of nitrogens with one attached hydrogen (secondary N) is 1. The number of rotatable bonds is 6. The van der Waals surface area contributed by atoms with E-state index >= 15 is 0 Å². The molecule has 1 amide bonds. The van der Waals surface area contributed by atoms with Crippen molar-refractivity contribution in [1.29, 1.82) is 0 Å². The largest absolute Gasteiger partial charge is 0.496 e. The van der Waals surface area contributed by atoms with Gasteiger partial charge in [-0.1, -0.05) is 13.0 Å². The maximum Gasteiger partial charge on any atom is 0.271 e. The summed E-state index contributed by atoms with van der Waals surface area (Å²) in [7, 11) is 3.56. The molecular weight excluding hydrogens is 421 g/mol. The molecule has 8 heteroatoms. The van der Waals surface area contributed by atoms with E-state index in [2.05, 4.69) is 40.2 Å². The van der Waals surface area contributed by atoms with Gasteiger partial charge in [-0.15, -0.1) is 0 Å². The third-order valence-electron chi connectivity index (χ3n) is 5.98. The number of halogens is 1. The summed E-state index contributed by atoms with van der Waals surface area (Å²) < 4.78 is 20.3. The molecule has 0 saturated carbocycles. The van der Waals surface area contributed by atoms with E-state index in [1.54, 1.807) is 12.1 Å². The average molecular weight is 450 g/mol. The van der Waals surface area contributed by atoms with Gasteiger partial charge in [0.2, 0.25) is 0 Å². The van der Waals surface area contributed by atoms with Crippen molar-refractivity contribution in [3.63, 3.8) is 0 Å². The molecule has 1 aliphatic heterocycles. The smallest absolute Gasteiger partial charge is 0.271 e. The van der Waals surface area contributed by atoms with Crippen molar-refractivity contribution in [2.75, 3.05) is 26.0 Å². The molecule has 0 bridgehead atoms. The quantitative estimate of drug-likeness (QED) is 0.591. The lowest BCUT2D eigenvalue weighted by Gasteiger charge is -2.27. The second kappa shape index (κ2) is 9.15. The number of benzene rings is 2. The lowest BCUT2D eigenvalue weighted by atomic mass is 9.94. The molecule has 3 N–H and O–H groups in total. The molecule has 0 aliphatic carbocycles. The number of amides is 1. The van der Waals surface area contributed by atoms with Crippen molar-refractivity contribution in [1.82, 2.24) is 14.9 Å². The monoisotopic (exact) mass is 449 g/mol. The number of fused-ring (bicyclic) bond motifs is 1. The van der Waals surface area contributed by atoms with E-state index in [4.69, 9.17) is 10.5 Å². The van der Waals surface area contributed by atoms with Crippen LogP contribution in [0, 0.1) is 12.7 Å². The highest BCUT2D eigenvalue weighted by Gasteiger charge is 2.23. The van der Waals surface area contributed by atoms with Crippen molar-refractivity contribution < 1.29 is 13.9 Å². The van der Waals surface area contributed by atoms with Crippen LogP contribution in [0.1, 0.15) is 39.8 Å². The van der Waals surface area contributed by atoms with Crippen molar-refractivity contribution >= 4 is 17.4 Å². The predicted molar refractivity (Wildman–Crippen MR) is 126 cm³/mol. The molecular formula is C25H28FN5O2. The van der Waals surface area contributed by atoms with Gasteiger partial charge in [0.1, 0.15) is 17.3 Å². The Labute approximate surface area is 192 Å². The van der Waals surface area contributed by atoms with Crippen molar-refractivity contribution in [2.45, 2.75) is 33.2 Å². The van der Waals surface area contributed by atoms with E-state index < -0.39 is 11.7 Å². The molecule has 2 heterocycles. The summed E-state index contributed by atoms with van der Waals surface area (Å²) >= 11 is 0. The maximum atomic E-state index is 14.9. The van der Waals surface area contributed by atoms with E-state index in [9.17, 15) is 9.18 Å². The summed E-state index contributed by atoms with van der Waals surface area (Å²) in [5.74, 6) is -0.669. The second-order valence-corrected chi connectivity index (χ2v) is 8.29. The summed E-state index contributed by atoms with van der Waals surface area (Å²) in [6.07, 6.45) is 1.43. The number of nitrogens with zero attached hydrogens (tertiary/aromatic N) is 3. The lowest BCUT2D eigenvalue weighted by molar-refractivity contribution is 0.0996. The first kappa shape index (κ1) is 22.7. The molecule has 1 aliphatic rings. The van der Waals surface area contributed by atoms with Gasteiger partial charge in [-0.3, -0.25) is 4.79 Å². The fourth-order valence-corrected chi connectivity index (χ4v) is 4.35. The minimum atomic E-state index is -0.707. The molecule has 4 rings (SSSR count). The van der Waals surface area contributed by atoms with Crippen molar-refractivity contribution in [3.05, 3.63) is 64.2 Å². The molecule has 0 atom stereocenters. The van der Waals surface area contributed by atoms with E-state index in [1.807, 2.05) is 13.0 Å². The summed E-state index contributed by atoms with van der Waals surface area (Å²) in [6, 6.07) is 8.66. The highest BCUT2D eigenvalue weighted by atomic mass is 19.1. The first-order valence-corrected chi connectivity index (χ1v) is 10.9. The lowest BCUT2D eigenvalue weighted by Crippen LogP contribution is -2.27. The Morgan fingerprint density at radius 1 is 1.30 bits per heavy atom. The van der Waals surface area contributed by atoms with Crippen LogP contribution in [0.4, 0.5) is 15.9 Å². The number of carbonyl (C=O) groups is 1. The third-order valence-corrected chi connectivity index (χ3v) is 5.98. The third kappa shape index (κ3) is 4.39. The SMILES string of the molecule is CCc1nc(C(N)=O)c(Nc2cc(C)c3c(c2)CN(C)CC3)nc1-c1c(F)cccc1OC. The number of aryl methyl sites for hydroxylation is 2. The van der Waals surface area contributed by atoms with Crippen LogP contribution in [0.15, 0.2) is 30.3 Å². The highest BCUT2D eigenvalue weighted by molar-refractivity contribution is 5.97. The van der Waals surface area contributed by atoms with Crippen LogP contribution in [-0.2, 0) is 19.4 Å². The number of aromatic nitrogens is 2. The minimum absolute atomic E-state index is 0.0124. The fraction of sp³-hybridized carbons (Fsp3) is 0.320. The van der Waals surface area contributed by atoms with Crippen molar-refractivity contribution in [3.8, 4) is 17.0 Å². The van der Waals surface area contributed by atoms with Gasteiger partial charge >= 0.3 is 0 Å². The summed E-state index contributed by atoms with van der Waals surface area (Å²) in [4.78, 5) is 23.6. The van der Waals surface area contributed by atoms with Gasteiger partial charge in [0.25, 0.3) is 5.91 Å². The number of carbonyl (C=O) groups excluding carboxylic acids is 1. The molecule has 0 saturated heterocycles. The van der Waals surface area contributed by atoms with Gasteiger partial charge < -0.3 is 20.7 Å². The molecule has 1 aromatic heterocycles. The van der Waals surface area contributed by atoms with E-state index in [0.717, 1.165) is 30.8 Å². The number of hydrogen-bond acceptors (Lipinski definition) is 6. The van der Waals surface area contributed by atoms with Gasteiger partial charge in [-0.2, -0.15) is 0 Å². The molecule has 3 aromatic rings. The Hall–Kier alpha value is -3.52. The summed E-state index contributed by atoms with van der Waals surface area (Å²) in [5, 5.41) is 3.22. The number of methoxy groups -OCH3 is 1. The van der Waals surface area contributed by atoms with Gasteiger partial charge in [0.05, 0.1) is 18.4 Å². The number of primary amides is 1. The Morgan fingerprint density at radius 2 is 2.09 bits per heavy atom. The van der Waals surface area contributed by atoms with Crippen LogP contribution in [0.5, 0.6) is 5.75 Å². The van der Waals surface area contributed by atoms with Gasteiger partial charge in [0, 0.05) is 18.8 Å². The van der Waals surface area contributed by atoms with Crippen LogP contribution in [0.25, 0.3) is 11.3 Å². The molecule has 2 aromatic carbocycles. The second-order valence-electron chi connectivity index (χ2n) is 8.29. The first-order valence-electron chi connectivity index (χ1n) is 10.9.